The molecule has 0 fully saturated rings. The van der Waals surface area contributed by atoms with E-state index in [0.717, 1.165) is 5.56 Å². The first-order valence-corrected chi connectivity index (χ1v) is 4.95. The van der Waals surface area contributed by atoms with Gasteiger partial charge in [0.2, 0.25) is 5.91 Å². The van der Waals surface area contributed by atoms with Gasteiger partial charge < -0.3 is 9.47 Å². The lowest BCUT2D eigenvalue weighted by Gasteiger charge is -2.19. The fraction of sp³-hybridized carbons (Fsp3) is 0.273. The number of fused-ring (bicyclic) bond motifs is 1. The Morgan fingerprint density at radius 1 is 1.44 bits per heavy atom. The topological polar surface area (TPSA) is 59.9 Å². The van der Waals surface area contributed by atoms with Gasteiger partial charge >= 0.3 is 0 Å². The van der Waals surface area contributed by atoms with Crippen LogP contribution in [0.4, 0.5) is 0 Å². The van der Waals surface area contributed by atoms with E-state index in [1.54, 1.807) is 0 Å². The molecule has 1 N–H and O–H groups in total. The molecule has 1 aromatic carbocycles. The third kappa shape index (κ3) is 2.31. The summed E-state index contributed by atoms with van der Waals surface area (Å²) >= 11 is 0. The van der Waals surface area contributed by atoms with E-state index in [2.05, 4.69) is 10.5 Å². The Bertz CT molecular complexity index is 429. The van der Waals surface area contributed by atoms with Crippen molar-refractivity contribution in [2.45, 2.75) is 6.92 Å². The van der Waals surface area contributed by atoms with Crippen molar-refractivity contribution < 1.29 is 14.3 Å². The molecule has 1 aliphatic rings. The number of hydrazone groups is 1. The zero-order valence-corrected chi connectivity index (χ0v) is 8.90. The van der Waals surface area contributed by atoms with Gasteiger partial charge in [0, 0.05) is 12.5 Å². The molecule has 0 bridgehead atoms. The van der Waals surface area contributed by atoms with Crippen LogP contribution in [0, 0.1) is 0 Å². The van der Waals surface area contributed by atoms with Crippen molar-refractivity contribution in [1.29, 1.82) is 0 Å². The summed E-state index contributed by atoms with van der Waals surface area (Å²) in [5.74, 6) is 1.17. The minimum Gasteiger partial charge on any atom is -0.486 e. The van der Waals surface area contributed by atoms with Crippen molar-refractivity contribution in [1.82, 2.24) is 5.43 Å². The molecule has 1 aliphatic heterocycles. The Balaban J connectivity index is 2.20. The Hall–Kier alpha value is -2.04. The van der Waals surface area contributed by atoms with Crippen molar-refractivity contribution in [3.8, 4) is 11.5 Å². The normalized spacial score (nSPS) is 13.8. The number of nitrogens with one attached hydrogen (secondary N) is 1. The number of hydrogen-bond donors (Lipinski definition) is 1. The van der Waals surface area contributed by atoms with Crippen LogP contribution in [-0.2, 0) is 4.79 Å². The van der Waals surface area contributed by atoms with Gasteiger partial charge in [0.25, 0.3) is 0 Å². The van der Waals surface area contributed by atoms with E-state index in [1.807, 2.05) is 18.2 Å². The molecule has 1 heterocycles. The van der Waals surface area contributed by atoms with Crippen LogP contribution >= 0.6 is 0 Å². The zero-order chi connectivity index (χ0) is 11.4. The van der Waals surface area contributed by atoms with Gasteiger partial charge in [0.15, 0.2) is 11.5 Å². The number of para-hydroxylation sites is 1. The number of carbonyl (C=O) groups excluding carboxylic acids is 1. The summed E-state index contributed by atoms with van der Waals surface area (Å²) in [5, 5.41) is 3.79. The van der Waals surface area contributed by atoms with E-state index in [9.17, 15) is 4.79 Å². The number of hydrogen-bond acceptors (Lipinski definition) is 4. The van der Waals surface area contributed by atoms with Gasteiger partial charge in [-0.2, -0.15) is 5.10 Å². The third-order valence-corrected chi connectivity index (χ3v) is 2.02. The van der Waals surface area contributed by atoms with Gasteiger partial charge in [-0.3, -0.25) is 4.79 Å². The molecule has 1 aromatic rings. The predicted octanol–water partition coefficient (Wildman–Crippen LogP) is 0.928. The van der Waals surface area contributed by atoms with E-state index < -0.39 is 0 Å². The fourth-order valence-corrected chi connectivity index (χ4v) is 1.39. The second-order valence-corrected chi connectivity index (χ2v) is 3.30. The van der Waals surface area contributed by atoms with Gasteiger partial charge in [-0.15, -0.1) is 0 Å². The molecular formula is C11H12N2O3. The molecule has 5 heteroatoms. The number of amides is 1. The maximum Gasteiger partial charge on any atom is 0.236 e. The van der Waals surface area contributed by atoms with E-state index in [0.29, 0.717) is 24.7 Å². The van der Waals surface area contributed by atoms with Crippen molar-refractivity contribution in [3.63, 3.8) is 0 Å². The summed E-state index contributed by atoms with van der Waals surface area (Å²) in [6, 6.07) is 5.53. The van der Waals surface area contributed by atoms with Crippen molar-refractivity contribution in [3.05, 3.63) is 23.8 Å². The van der Waals surface area contributed by atoms with Crippen LogP contribution in [0.2, 0.25) is 0 Å². The fourth-order valence-electron chi connectivity index (χ4n) is 1.39. The van der Waals surface area contributed by atoms with Gasteiger partial charge in [-0.1, -0.05) is 6.07 Å². The predicted molar refractivity (Wildman–Crippen MR) is 58.8 cm³/mol. The molecule has 84 valence electrons. The van der Waals surface area contributed by atoms with Crippen molar-refractivity contribution in [2.75, 3.05) is 13.2 Å². The monoisotopic (exact) mass is 220 g/mol. The number of nitrogens with zero attached hydrogens (tertiary/aromatic N) is 1. The van der Waals surface area contributed by atoms with Crippen LogP contribution in [0.5, 0.6) is 11.5 Å². The Morgan fingerprint density at radius 3 is 3.06 bits per heavy atom. The first-order valence-electron chi connectivity index (χ1n) is 4.95. The number of ether oxygens (including phenoxy) is 2. The lowest BCUT2D eigenvalue weighted by molar-refractivity contribution is -0.118. The summed E-state index contributed by atoms with van der Waals surface area (Å²) in [6.45, 7) is 2.48. The van der Waals surface area contributed by atoms with Crippen LogP contribution in [0.25, 0.3) is 0 Å². The lowest BCUT2D eigenvalue weighted by atomic mass is 10.2. The molecule has 0 unspecified atom stereocenters. The first kappa shape index (κ1) is 10.5. The molecule has 0 atom stereocenters. The second-order valence-electron chi connectivity index (χ2n) is 3.30. The van der Waals surface area contributed by atoms with Crippen molar-refractivity contribution in [2.24, 2.45) is 5.10 Å². The molecule has 0 saturated carbocycles. The van der Waals surface area contributed by atoms with Crippen molar-refractivity contribution >= 4 is 12.1 Å². The standard InChI is InChI=1S/C11H12N2O3/c1-8(14)13-12-7-9-3-2-4-10-11(9)16-6-5-15-10/h2-4,7H,5-6H2,1H3,(H,13,14). The summed E-state index contributed by atoms with van der Waals surface area (Å²) in [6.07, 6.45) is 1.54. The van der Waals surface area contributed by atoms with Gasteiger partial charge in [-0.05, 0) is 12.1 Å². The summed E-state index contributed by atoms with van der Waals surface area (Å²) in [7, 11) is 0. The highest BCUT2D eigenvalue weighted by Crippen LogP contribution is 2.32. The second kappa shape index (κ2) is 4.65. The molecule has 16 heavy (non-hydrogen) atoms. The van der Waals surface area contributed by atoms with E-state index in [-0.39, 0.29) is 5.91 Å². The quantitative estimate of drug-likeness (QED) is 0.595. The SMILES string of the molecule is CC(=O)NN=Cc1cccc2c1OCCO2. The molecular weight excluding hydrogens is 208 g/mol. The van der Waals surface area contributed by atoms with Crippen LogP contribution < -0.4 is 14.9 Å². The molecule has 0 aromatic heterocycles. The molecule has 0 saturated heterocycles. The van der Waals surface area contributed by atoms with Crippen LogP contribution in [0.15, 0.2) is 23.3 Å². The Labute approximate surface area is 93.1 Å². The number of rotatable bonds is 2. The third-order valence-electron chi connectivity index (χ3n) is 2.02. The van der Waals surface area contributed by atoms with E-state index in [1.165, 1.54) is 13.1 Å². The summed E-state index contributed by atoms with van der Waals surface area (Å²) in [5.41, 5.74) is 3.12. The molecule has 0 radical (unpaired) electrons. The minimum atomic E-state index is -0.210. The van der Waals surface area contributed by atoms with Gasteiger partial charge in [-0.25, -0.2) is 5.43 Å². The van der Waals surface area contributed by atoms with Crippen LogP contribution in [0.1, 0.15) is 12.5 Å². The first-order chi connectivity index (χ1) is 7.77. The summed E-state index contributed by atoms with van der Waals surface area (Å²) < 4.78 is 10.9. The lowest BCUT2D eigenvalue weighted by Crippen LogP contribution is -2.17. The average molecular weight is 220 g/mol. The highest BCUT2D eigenvalue weighted by atomic mass is 16.6. The minimum absolute atomic E-state index is 0.210. The van der Waals surface area contributed by atoms with Crippen LogP contribution in [-0.4, -0.2) is 25.3 Å². The molecule has 0 spiro atoms. The maximum absolute atomic E-state index is 10.6. The Morgan fingerprint density at radius 2 is 2.25 bits per heavy atom. The number of benzene rings is 1. The van der Waals surface area contributed by atoms with Gasteiger partial charge in [0.1, 0.15) is 13.2 Å². The molecule has 5 nitrogen and oxygen atoms in total. The average Bonchev–Trinajstić information content (AvgIpc) is 2.29. The van der Waals surface area contributed by atoms with Crippen LogP contribution in [0.3, 0.4) is 0 Å². The molecule has 1 amide bonds. The van der Waals surface area contributed by atoms with E-state index in [4.69, 9.17) is 9.47 Å². The smallest absolute Gasteiger partial charge is 0.236 e. The highest BCUT2D eigenvalue weighted by Gasteiger charge is 2.13. The molecule has 0 aliphatic carbocycles. The Kier molecular flexibility index (Phi) is 3.05. The van der Waals surface area contributed by atoms with E-state index >= 15 is 0 Å². The van der Waals surface area contributed by atoms with Gasteiger partial charge in [0.05, 0.1) is 6.21 Å². The number of carbonyl (C=O) groups is 1. The summed E-state index contributed by atoms with van der Waals surface area (Å²) in [4.78, 5) is 10.6. The molecule has 2 rings (SSSR count). The zero-order valence-electron chi connectivity index (χ0n) is 8.90. The highest BCUT2D eigenvalue weighted by molar-refractivity contribution is 5.86. The maximum atomic E-state index is 10.6. The largest absolute Gasteiger partial charge is 0.486 e.